The van der Waals surface area contributed by atoms with E-state index in [1.165, 1.54) is 6.92 Å². The summed E-state index contributed by atoms with van der Waals surface area (Å²) in [6.07, 6.45) is 0.819. The summed E-state index contributed by atoms with van der Waals surface area (Å²) < 4.78 is 5.00. The minimum absolute atomic E-state index is 0.0678. The zero-order valence-electron chi connectivity index (χ0n) is 12.2. The van der Waals surface area contributed by atoms with Gasteiger partial charge in [0.1, 0.15) is 11.7 Å². The van der Waals surface area contributed by atoms with E-state index in [4.69, 9.17) is 4.74 Å². The molecule has 1 heterocycles. The van der Waals surface area contributed by atoms with Gasteiger partial charge in [-0.15, -0.1) is 0 Å². The number of rotatable bonds is 5. The monoisotopic (exact) mass is 289 g/mol. The SMILES string of the molecule is CCOC(=O)C(C(C)=O)C1CCC(=O)N1c1ccccc1. The van der Waals surface area contributed by atoms with Gasteiger partial charge >= 0.3 is 5.97 Å². The average molecular weight is 289 g/mol. The van der Waals surface area contributed by atoms with E-state index in [-0.39, 0.29) is 18.3 Å². The molecule has 2 rings (SSSR count). The lowest BCUT2D eigenvalue weighted by molar-refractivity contribution is -0.151. The first-order chi connectivity index (χ1) is 10.1. The molecule has 0 spiro atoms. The van der Waals surface area contributed by atoms with E-state index in [9.17, 15) is 14.4 Å². The highest BCUT2D eigenvalue weighted by atomic mass is 16.5. The van der Waals surface area contributed by atoms with E-state index in [1.807, 2.05) is 18.2 Å². The number of ether oxygens (including phenoxy) is 1. The van der Waals surface area contributed by atoms with Crippen LogP contribution in [0.25, 0.3) is 0 Å². The third-order valence-corrected chi connectivity index (χ3v) is 3.65. The summed E-state index contributed by atoms with van der Waals surface area (Å²) in [6, 6.07) is 8.65. The number of Topliss-reactive ketones (excluding diaryl/α,β-unsaturated/α-hetero) is 1. The van der Waals surface area contributed by atoms with Crippen LogP contribution in [0, 0.1) is 5.92 Å². The summed E-state index contributed by atoms with van der Waals surface area (Å²) in [5.74, 6) is -1.81. The van der Waals surface area contributed by atoms with Crippen LogP contribution in [-0.2, 0) is 19.1 Å². The first kappa shape index (κ1) is 15.2. The van der Waals surface area contributed by atoms with E-state index in [0.29, 0.717) is 18.5 Å². The lowest BCUT2D eigenvalue weighted by atomic mass is 9.93. The Bertz CT molecular complexity index is 540. The maximum absolute atomic E-state index is 12.2. The quantitative estimate of drug-likeness (QED) is 0.614. The fraction of sp³-hybridized carbons (Fsp3) is 0.438. The molecule has 2 atom stereocenters. The van der Waals surface area contributed by atoms with Crippen LogP contribution in [0.1, 0.15) is 26.7 Å². The average Bonchev–Trinajstić information content (AvgIpc) is 2.81. The molecular formula is C16H19NO4. The lowest BCUT2D eigenvalue weighted by Gasteiger charge is -2.29. The molecule has 1 aromatic rings. The Kier molecular flexibility index (Phi) is 4.73. The molecule has 0 saturated carbocycles. The van der Waals surface area contributed by atoms with Gasteiger partial charge in [-0.1, -0.05) is 18.2 Å². The molecule has 5 nitrogen and oxygen atoms in total. The summed E-state index contributed by atoms with van der Waals surface area (Å²) in [6.45, 7) is 3.28. The molecule has 21 heavy (non-hydrogen) atoms. The van der Waals surface area contributed by atoms with Gasteiger partial charge in [0.25, 0.3) is 0 Å². The Labute approximate surface area is 123 Å². The molecule has 1 aliphatic heterocycles. The molecular weight excluding hydrogens is 270 g/mol. The first-order valence-electron chi connectivity index (χ1n) is 7.10. The molecule has 1 amide bonds. The highest BCUT2D eigenvalue weighted by Gasteiger charge is 2.43. The number of benzene rings is 1. The van der Waals surface area contributed by atoms with Gasteiger partial charge in [-0.3, -0.25) is 14.4 Å². The van der Waals surface area contributed by atoms with Gasteiger partial charge in [-0.25, -0.2) is 0 Å². The van der Waals surface area contributed by atoms with Crippen LogP contribution in [0.5, 0.6) is 0 Å². The van der Waals surface area contributed by atoms with E-state index >= 15 is 0 Å². The maximum Gasteiger partial charge on any atom is 0.318 e. The van der Waals surface area contributed by atoms with Crippen molar-refractivity contribution in [3.05, 3.63) is 30.3 Å². The smallest absolute Gasteiger partial charge is 0.318 e. The van der Waals surface area contributed by atoms with Crippen molar-refractivity contribution >= 4 is 23.3 Å². The molecule has 0 N–H and O–H groups in total. The molecule has 0 bridgehead atoms. The van der Waals surface area contributed by atoms with Crippen LogP contribution in [-0.4, -0.2) is 30.3 Å². The molecule has 1 aromatic carbocycles. The molecule has 2 unspecified atom stereocenters. The van der Waals surface area contributed by atoms with Crippen molar-refractivity contribution in [1.82, 2.24) is 0 Å². The Morgan fingerprint density at radius 2 is 2.00 bits per heavy atom. The summed E-state index contributed by atoms with van der Waals surface area (Å²) in [4.78, 5) is 37.7. The van der Waals surface area contributed by atoms with Crippen LogP contribution in [0.2, 0.25) is 0 Å². The van der Waals surface area contributed by atoms with Crippen LogP contribution < -0.4 is 4.90 Å². The van der Waals surface area contributed by atoms with Gasteiger partial charge < -0.3 is 9.64 Å². The Morgan fingerprint density at radius 1 is 1.33 bits per heavy atom. The first-order valence-corrected chi connectivity index (χ1v) is 7.10. The molecule has 5 heteroatoms. The van der Waals surface area contributed by atoms with Gasteiger partial charge in [0.15, 0.2) is 0 Å². The lowest BCUT2D eigenvalue weighted by Crippen LogP contribution is -2.45. The maximum atomic E-state index is 12.2. The van der Waals surface area contributed by atoms with Gasteiger partial charge in [0.05, 0.1) is 12.6 Å². The third kappa shape index (κ3) is 3.12. The van der Waals surface area contributed by atoms with Crippen molar-refractivity contribution in [2.75, 3.05) is 11.5 Å². The van der Waals surface area contributed by atoms with Crippen LogP contribution in [0.15, 0.2) is 30.3 Å². The predicted molar refractivity (Wildman–Crippen MR) is 77.8 cm³/mol. The number of ketones is 1. The summed E-state index contributed by atoms with van der Waals surface area (Å²) >= 11 is 0. The normalized spacial score (nSPS) is 19.4. The molecule has 1 aliphatic rings. The second-order valence-electron chi connectivity index (χ2n) is 5.05. The number of carbonyl (C=O) groups is 3. The third-order valence-electron chi connectivity index (χ3n) is 3.65. The number of esters is 1. The summed E-state index contributed by atoms with van der Waals surface area (Å²) in [5, 5.41) is 0. The van der Waals surface area contributed by atoms with Crippen molar-refractivity contribution in [1.29, 1.82) is 0 Å². The van der Waals surface area contributed by atoms with Crippen LogP contribution in [0.3, 0.4) is 0 Å². The Hall–Kier alpha value is -2.17. The van der Waals surface area contributed by atoms with Gasteiger partial charge in [-0.05, 0) is 32.4 Å². The topological polar surface area (TPSA) is 63.7 Å². The highest BCUT2D eigenvalue weighted by Crippen LogP contribution is 2.31. The number of carbonyl (C=O) groups excluding carboxylic acids is 3. The summed E-state index contributed by atoms with van der Waals surface area (Å²) in [5.41, 5.74) is 0.709. The molecule has 112 valence electrons. The van der Waals surface area contributed by atoms with E-state index < -0.39 is 17.9 Å². The Morgan fingerprint density at radius 3 is 2.57 bits per heavy atom. The van der Waals surface area contributed by atoms with Crippen LogP contribution in [0.4, 0.5) is 5.69 Å². The largest absolute Gasteiger partial charge is 0.465 e. The van der Waals surface area contributed by atoms with Crippen molar-refractivity contribution in [3.63, 3.8) is 0 Å². The van der Waals surface area contributed by atoms with Crippen molar-refractivity contribution in [2.24, 2.45) is 5.92 Å². The number of nitrogens with zero attached hydrogens (tertiary/aromatic N) is 1. The van der Waals surface area contributed by atoms with Gasteiger partial charge in [0.2, 0.25) is 5.91 Å². The number of amides is 1. The van der Waals surface area contributed by atoms with Gasteiger partial charge in [0, 0.05) is 12.1 Å². The van der Waals surface area contributed by atoms with Crippen molar-refractivity contribution < 1.29 is 19.1 Å². The number of para-hydroxylation sites is 1. The molecule has 0 aromatic heterocycles. The molecule has 1 fully saturated rings. The predicted octanol–water partition coefficient (Wildman–Crippen LogP) is 1.95. The second-order valence-corrected chi connectivity index (χ2v) is 5.05. The number of anilines is 1. The minimum Gasteiger partial charge on any atom is -0.465 e. The summed E-state index contributed by atoms with van der Waals surface area (Å²) in [7, 11) is 0. The number of hydrogen-bond acceptors (Lipinski definition) is 4. The molecule has 0 radical (unpaired) electrons. The van der Waals surface area contributed by atoms with E-state index in [2.05, 4.69) is 0 Å². The van der Waals surface area contributed by atoms with Crippen LogP contribution >= 0.6 is 0 Å². The second kappa shape index (κ2) is 6.52. The fourth-order valence-electron chi connectivity index (χ4n) is 2.77. The fourth-order valence-corrected chi connectivity index (χ4v) is 2.77. The van der Waals surface area contributed by atoms with E-state index in [0.717, 1.165) is 0 Å². The Balaban J connectivity index is 2.33. The number of hydrogen-bond donors (Lipinski definition) is 0. The zero-order chi connectivity index (χ0) is 15.4. The highest BCUT2D eigenvalue weighted by molar-refractivity contribution is 6.03. The van der Waals surface area contributed by atoms with Crippen molar-refractivity contribution in [3.8, 4) is 0 Å². The minimum atomic E-state index is -0.920. The van der Waals surface area contributed by atoms with E-state index in [1.54, 1.807) is 24.0 Å². The molecule has 1 saturated heterocycles. The molecule has 0 aliphatic carbocycles. The van der Waals surface area contributed by atoms with Crippen molar-refractivity contribution in [2.45, 2.75) is 32.7 Å². The van der Waals surface area contributed by atoms with Gasteiger partial charge in [-0.2, -0.15) is 0 Å². The zero-order valence-corrected chi connectivity index (χ0v) is 12.2. The standard InChI is InChI=1S/C16H19NO4/c1-3-21-16(20)15(11(2)18)13-9-10-14(19)17(13)12-7-5-4-6-8-12/h4-8,13,15H,3,9-10H2,1-2H3.